The van der Waals surface area contributed by atoms with Crippen molar-refractivity contribution in [2.75, 3.05) is 0 Å². The van der Waals surface area contributed by atoms with Crippen molar-refractivity contribution in [2.45, 2.75) is 6.18 Å². The van der Waals surface area contributed by atoms with E-state index in [2.05, 4.69) is 91.0 Å². The van der Waals surface area contributed by atoms with Crippen molar-refractivity contribution in [1.29, 1.82) is 0 Å². The van der Waals surface area contributed by atoms with E-state index in [1.54, 1.807) is 0 Å². The van der Waals surface area contributed by atoms with Crippen LogP contribution in [0.2, 0.25) is 0 Å². The Bertz CT molecular complexity index is 719. The van der Waals surface area contributed by atoms with Gasteiger partial charge in [-0.2, -0.15) is 13.2 Å². The normalized spacial score (nSPS) is 10.4. The van der Waals surface area contributed by atoms with E-state index in [1.807, 2.05) is 0 Å². The van der Waals surface area contributed by atoms with Crippen LogP contribution in [0.4, 0.5) is 13.2 Å². The maximum Gasteiger partial charge on any atom is 0.490 e. The Morgan fingerprint density at radius 3 is 1.07 bits per heavy atom. The monoisotopic (exact) mass is 478 g/mol. The van der Waals surface area contributed by atoms with Gasteiger partial charge in [0, 0.05) is 19.5 Å². The number of carboxylic acids is 1. The molecule has 27 heavy (non-hydrogen) atoms. The summed E-state index contributed by atoms with van der Waals surface area (Å²) in [5.74, 6) is -2.76. The van der Waals surface area contributed by atoms with E-state index in [1.165, 1.54) is 15.9 Å². The first-order valence-electron chi connectivity index (χ1n) is 7.65. The minimum Gasteiger partial charge on any atom is -0.475 e. The molecule has 0 spiro atoms. The van der Waals surface area contributed by atoms with Gasteiger partial charge in [0.1, 0.15) is 0 Å². The number of carbonyl (C=O) groups is 1. The number of hydrogen-bond donors (Lipinski definition) is 1. The molecule has 0 aliphatic rings. The van der Waals surface area contributed by atoms with Crippen LogP contribution in [0.1, 0.15) is 0 Å². The van der Waals surface area contributed by atoms with Crippen LogP contribution >= 0.6 is 7.92 Å². The zero-order valence-corrected chi connectivity index (χ0v) is 16.6. The molecule has 3 aromatic rings. The molecule has 7 heteroatoms. The first-order chi connectivity index (χ1) is 12.4. The standard InChI is InChI=1S/C18H15P.C2HF3O2.Ru/c1-4-10-16(11-5-1)19(17-12-6-2-7-13-17)18-14-8-3-9-15-18;3-2(4,5)1(6)7;/h1-15H;(H,6,7);. The van der Waals surface area contributed by atoms with Gasteiger partial charge in [0.25, 0.3) is 0 Å². The Labute approximate surface area is 169 Å². The van der Waals surface area contributed by atoms with E-state index >= 15 is 0 Å². The molecule has 1 N–H and O–H groups in total. The summed E-state index contributed by atoms with van der Waals surface area (Å²) in [7, 11) is -0.446. The van der Waals surface area contributed by atoms with Gasteiger partial charge in [-0.25, -0.2) is 4.79 Å². The zero-order valence-electron chi connectivity index (χ0n) is 14.0. The number of halogens is 3. The largest absolute Gasteiger partial charge is 0.490 e. The van der Waals surface area contributed by atoms with Gasteiger partial charge in [-0.1, -0.05) is 91.0 Å². The van der Waals surface area contributed by atoms with Crippen LogP contribution in [0, 0.1) is 0 Å². The number of rotatable bonds is 3. The predicted molar refractivity (Wildman–Crippen MR) is 98.8 cm³/mol. The van der Waals surface area contributed by atoms with Crippen LogP contribution < -0.4 is 15.9 Å². The van der Waals surface area contributed by atoms with Gasteiger partial charge < -0.3 is 5.11 Å². The maximum absolute atomic E-state index is 10.6. The Balaban J connectivity index is 0.000000395. The summed E-state index contributed by atoms with van der Waals surface area (Å²) >= 11 is 0. The number of hydrogen-bond acceptors (Lipinski definition) is 1. The SMILES string of the molecule is O=C(O)C(F)(F)F.[Ru].c1ccc(P(c2ccccc2)c2ccccc2)cc1. The van der Waals surface area contributed by atoms with Crippen molar-refractivity contribution in [1.82, 2.24) is 0 Å². The Morgan fingerprint density at radius 1 is 0.667 bits per heavy atom. The molecule has 0 radical (unpaired) electrons. The summed E-state index contributed by atoms with van der Waals surface area (Å²) in [6.07, 6.45) is -5.08. The molecule has 0 amide bonds. The average molecular weight is 477 g/mol. The van der Waals surface area contributed by atoms with Crippen LogP contribution in [-0.2, 0) is 24.3 Å². The molecule has 0 aliphatic heterocycles. The van der Waals surface area contributed by atoms with Crippen molar-refractivity contribution in [3.8, 4) is 0 Å². The molecule has 3 aromatic carbocycles. The molecule has 142 valence electrons. The molecule has 3 rings (SSSR count). The fourth-order valence-corrected chi connectivity index (χ4v) is 4.48. The quantitative estimate of drug-likeness (QED) is 0.456. The van der Waals surface area contributed by atoms with Gasteiger partial charge in [0.05, 0.1) is 0 Å². The second kappa shape index (κ2) is 11.0. The van der Waals surface area contributed by atoms with E-state index in [0.29, 0.717) is 0 Å². The zero-order chi connectivity index (χ0) is 19.0. The maximum atomic E-state index is 10.6. The van der Waals surface area contributed by atoms with E-state index in [-0.39, 0.29) is 19.5 Å². The van der Waals surface area contributed by atoms with Gasteiger partial charge >= 0.3 is 12.1 Å². The first-order valence-corrected chi connectivity index (χ1v) is 8.99. The molecule has 0 aliphatic carbocycles. The van der Waals surface area contributed by atoms with Crippen LogP contribution in [0.3, 0.4) is 0 Å². The predicted octanol–water partition coefficient (Wildman–Crippen LogP) is 4.08. The van der Waals surface area contributed by atoms with E-state index in [4.69, 9.17) is 9.90 Å². The van der Waals surface area contributed by atoms with Crippen molar-refractivity contribution in [3.05, 3.63) is 91.0 Å². The first kappa shape index (κ1) is 23.0. The summed E-state index contributed by atoms with van der Waals surface area (Å²) in [6.45, 7) is 0. The summed E-state index contributed by atoms with van der Waals surface area (Å²) in [5, 5.41) is 11.3. The van der Waals surface area contributed by atoms with Gasteiger partial charge in [-0.15, -0.1) is 0 Å². The van der Waals surface area contributed by atoms with Crippen molar-refractivity contribution >= 4 is 29.8 Å². The average Bonchev–Trinajstić information content (AvgIpc) is 2.64. The molecular formula is C20H16F3O2PRu. The summed E-state index contributed by atoms with van der Waals surface area (Å²) < 4.78 is 31.7. The van der Waals surface area contributed by atoms with Crippen LogP contribution in [0.15, 0.2) is 91.0 Å². The minimum atomic E-state index is -5.08. The van der Waals surface area contributed by atoms with E-state index in [9.17, 15) is 13.2 Å². The third-order valence-corrected chi connectivity index (χ3v) is 5.73. The molecule has 0 saturated carbocycles. The van der Waals surface area contributed by atoms with Crippen molar-refractivity contribution in [3.63, 3.8) is 0 Å². The van der Waals surface area contributed by atoms with Gasteiger partial charge in [-0.05, 0) is 23.8 Å². The smallest absolute Gasteiger partial charge is 0.475 e. The number of benzene rings is 3. The minimum absolute atomic E-state index is 0. The van der Waals surface area contributed by atoms with Crippen LogP contribution in [0.25, 0.3) is 0 Å². The van der Waals surface area contributed by atoms with Crippen LogP contribution in [-0.4, -0.2) is 17.3 Å². The second-order valence-corrected chi connectivity index (χ2v) is 7.36. The van der Waals surface area contributed by atoms with Gasteiger partial charge in [0.15, 0.2) is 0 Å². The molecule has 0 unspecified atom stereocenters. The van der Waals surface area contributed by atoms with Crippen LogP contribution in [0.5, 0.6) is 0 Å². The van der Waals surface area contributed by atoms with E-state index < -0.39 is 20.1 Å². The third kappa shape index (κ3) is 7.24. The topological polar surface area (TPSA) is 37.3 Å². The number of alkyl halides is 3. The summed E-state index contributed by atoms with van der Waals surface area (Å²) in [4.78, 5) is 8.90. The van der Waals surface area contributed by atoms with Gasteiger partial charge in [0.2, 0.25) is 0 Å². The number of aliphatic carboxylic acids is 1. The fourth-order valence-electron chi connectivity index (χ4n) is 2.18. The third-order valence-electron chi connectivity index (χ3n) is 3.29. The molecule has 0 atom stereocenters. The Morgan fingerprint density at radius 2 is 0.889 bits per heavy atom. The van der Waals surface area contributed by atoms with Crippen molar-refractivity contribution in [2.24, 2.45) is 0 Å². The van der Waals surface area contributed by atoms with Gasteiger partial charge in [-0.3, -0.25) is 0 Å². The summed E-state index contributed by atoms with van der Waals surface area (Å²) in [6, 6.07) is 32.3. The molecule has 0 saturated heterocycles. The summed E-state index contributed by atoms with van der Waals surface area (Å²) in [5.41, 5.74) is 0. The molecular weight excluding hydrogens is 461 g/mol. The molecule has 0 heterocycles. The van der Waals surface area contributed by atoms with E-state index in [0.717, 1.165) is 0 Å². The molecule has 2 nitrogen and oxygen atoms in total. The Kier molecular flexibility index (Phi) is 9.34. The number of carboxylic acid groups (broad SMARTS) is 1. The molecule has 0 aromatic heterocycles. The molecule has 0 fully saturated rings. The van der Waals surface area contributed by atoms with Crippen molar-refractivity contribution < 1.29 is 42.6 Å². The Hall–Kier alpha value is -2.03. The molecule has 0 bridgehead atoms. The second-order valence-electron chi connectivity index (χ2n) is 5.14. The fraction of sp³-hybridized carbons (Fsp3) is 0.0500.